The fourth-order valence-corrected chi connectivity index (χ4v) is 3.94. The molecular weight excluding hydrogens is 288 g/mol. The Labute approximate surface area is 126 Å². The lowest BCUT2D eigenvalue weighted by molar-refractivity contribution is 0.0945. The Bertz CT molecular complexity index is 721. The van der Waals surface area contributed by atoms with Crippen LogP contribution in [0.4, 0.5) is 0 Å². The fraction of sp³-hybridized carbons (Fsp3) is 0.533. The molecule has 5 nitrogen and oxygen atoms in total. The summed E-state index contributed by atoms with van der Waals surface area (Å²) in [6.07, 6.45) is 0.935. The second-order valence-corrected chi connectivity index (χ2v) is 8.10. The molecule has 2 rings (SSSR count). The Kier molecular flexibility index (Phi) is 3.66. The molecule has 3 N–H and O–H groups in total. The van der Waals surface area contributed by atoms with E-state index in [2.05, 4.69) is 19.2 Å². The second-order valence-electron chi connectivity index (χ2n) is 6.60. The van der Waals surface area contributed by atoms with E-state index in [4.69, 9.17) is 5.14 Å². The van der Waals surface area contributed by atoms with E-state index in [1.165, 1.54) is 0 Å². The molecule has 1 atom stereocenters. The van der Waals surface area contributed by atoms with Gasteiger partial charge < -0.3 is 5.32 Å². The van der Waals surface area contributed by atoms with Gasteiger partial charge in [-0.05, 0) is 49.3 Å². The molecule has 0 saturated heterocycles. The number of nitrogens with two attached hydrogens (primary N) is 1. The highest BCUT2D eigenvalue weighted by Crippen LogP contribution is 2.44. The van der Waals surface area contributed by atoms with Crippen LogP contribution in [0, 0.1) is 26.2 Å². The SMILES string of the molecule is Cc1cc(C)c(S(N)(=O)=O)c(C)c1C(=O)NC1CC1(C)C. The molecule has 0 heterocycles. The van der Waals surface area contributed by atoms with Gasteiger partial charge in [-0.3, -0.25) is 4.79 Å². The van der Waals surface area contributed by atoms with Crippen LogP contribution in [0.5, 0.6) is 0 Å². The van der Waals surface area contributed by atoms with Crippen molar-refractivity contribution in [2.24, 2.45) is 10.6 Å². The molecule has 21 heavy (non-hydrogen) atoms. The normalized spacial score (nSPS) is 20.2. The fourth-order valence-electron chi connectivity index (χ4n) is 2.90. The number of primary sulfonamides is 1. The van der Waals surface area contributed by atoms with Crippen LogP contribution in [0.25, 0.3) is 0 Å². The molecule has 0 aromatic heterocycles. The number of sulfonamides is 1. The topological polar surface area (TPSA) is 89.3 Å². The Morgan fingerprint density at radius 1 is 1.29 bits per heavy atom. The van der Waals surface area contributed by atoms with Crippen LogP contribution in [0.3, 0.4) is 0 Å². The Hall–Kier alpha value is -1.40. The summed E-state index contributed by atoms with van der Waals surface area (Å²) in [7, 11) is -3.85. The summed E-state index contributed by atoms with van der Waals surface area (Å²) in [5.41, 5.74) is 2.27. The highest BCUT2D eigenvalue weighted by Gasteiger charge is 2.46. The third-order valence-corrected chi connectivity index (χ3v) is 5.43. The summed E-state index contributed by atoms with van der Waals surface area (Å²) in [5.74, 6) is -0.231. The zero-order valence-corrected chi connectivity index (χ0v) is 13.9. The average Bonchev–Trinajstić information content (AvgIpc) is 2.81. The first kappa shape index (κ1) is 16.0. The van der Waals surface area contributed by atoms with Gasteiger partial charge >= 0.3 is 0 Å². The zero-order valence-electron chi connectivity index (χ0n) is 13.1. The standard InChI is InChI=1S/C15H22N2O3S/c1-8-6-9(2)13(21(16,19)20)10(3)12(8)14(18)17-11-7-15(11,4)5/h6,11H,7H2,1-5H3,(H,17,18)(H2,16,19,20). The van der Waals surface area contributed by atoms with Crippen LogP contribution in [-0.4, -0.2) is 20.4 Å². The number of hydrogen-bond acceptors (Lipinski definition) is 3. The second kappa shape index (κ2) is 4.81. The predicted octanol–water partition coefficient (Wildman–Crippen LogP) is 1.79. The van der Waals surface area contributed by atoms with Gasteiger partial charge in [-0.2, -0.15) is 0 Å². The van der Waals surface area contributed by atoms with Gasteiger partial charge in [0.15, 0.2) is 0 Å². The molecule has 1 aromatic rings. The summed E-state index contributed by atoms with van der Waals surface area (Å²) in [5, 5.41) is 8.24. The minimum absolute atomic E-state index is 0.0494. The molecule has 0 radical (unpaired) electrons. The van der Waals surface area contributed by atoms with Gasteiger partial charge in [0, 0.05) is 11.6 Å². The van der Waals surface area contributed by atoms with Gasteiger partial charge in [-0.25, -0.2) is 13.6 Å². The number of carbonyl (C=O) groups is 1. The maximum Gasteiger partial charge on any atom is 0.252 e. The van der Waals surface area contributed by atoms with E-state index in [-0.39, 0.29) is 22.3 Å². The van der Waals surface area contributed by atoms with Gasteiger partial charge in [-0.15, -0.1) is 0 Å². The van der Waals surface area contributed by atoms with E-state index < -0.39 is 10.0 Å². The predicted molar refractivity (Wildman–Crippen MR) is 81.7 cm³/mol. The van der Waals surface area contributed by atoms with Crippen molar-refractivity contribution in [3.05, 3.63) is 28.3 Å². The first-order valence-corrected chi connectivity index (χ1v) is 8.44. The van der Waals surface area contributed by atoms with Crippen molar-refractivity contribution in [2.75, 3.05) is 0 Å². The largest absolute Gasteiger partial charge is 0.349 e. The van der Waals surface area contributed by atoms with Gasteiger partial charge in [0.25, 0.3) is 5.91 Å². The Balaban J connectivity index is 2.47. The maximum absolute atomic E-state index is 12.5. The number of aryl methyl sites for hydroxylation is 2. The van der Waals surface area contributed by atoms with Gasteiger partial charge in [0.1, 0.15) is 0 Å². The van der Waals surface area contributed by atoms with Crippen LogP contribution in [0.15, 0.2) is 11.0 Å². The summed E-state index contributed by atoms with van der Waals surface area (Å²) in [6.45, 7) is 9.29. The Morgan fingerprint density at radius 2 is 1.81 bits per heavy atom. The first-order valence-electron chi connectivity index (χ1n) is 6.89. The van der Waals surface area contributed by atoms with Crippen LogP contribution in [0.1, 0.15) is 47.3 Å². The number of amides is 1. The first-order chi connectivity index (χ1) is 9.45. The summed E-state index contributed by atoms with van der Waals surface area (Å²) >= 11 is 0. The minimum atomic E-state index is -3.85. The van der Waals surface area contributed by atoms with Crippen molar-refractivity contribution >= 4 is 15.9 Å². The molecule has 1 saturated carbocycles. The van der Waals surface area contributed by atoms with Crippen molar-refractivity contribution in [3.8, 4) is 0 Å². The van der Waals surface area contributed by atoms with Crippen molar-refractivity contribution < 1.29 is 13.2 Å². The van der Waals surface area contributed by atoms with E-state index in [0.29, 0.717) is 16.7 Å². The van der Waals surface area contributed by atoms with Crippen LogP contribution in [0.2, 0.25) is 0 Å². The zero-order chi connectivity index (χ0) is 16.2. The lowest BCUT2D eigenvalue weighted by Crippen LogP contribution is -2.30. The van der Waals surface area contributed by atoms with Crippen molar-refractivity contribution in [2.45, 2.75) is 52.0 Å². The third-order valence-electron chi connectivity index (χ3n) is 4.23. The molecule has 6 heteroatoms. The maximum atomic E-state index is 12.5. The van der Waals surface area contributed by atoms with Crippen LogP contribution < -0.4 is 10.5 Å². The van der Waals surface area contributed by atoms with Crippen molar-refractivity contribution in [3.63, 3.8) is 0 Å². The van der Waals surface area contributed by atoms with E-state index in [0.717, 1.165) is 12.0 Å². The van der Waals surface area contributed by atoms with Gasteiger partial charge in [0.05, 0.1) is 4.90 Å². The quantitative estimate of drug-likeness (QED) is 0.892. The molecule has 1 unspecified atom stereocenters. The monoisotopic (exact) mass is 310 g/mol. The van der Waals surface area contributed by atoms with E-state index in [9.17, 15) is 13.2 Å². The molecule has 1 amide bonds. The third kappa shape index (κ3) is 2.96. The number of benzene rings is 1. The minimum Gasteiger partial charge on any atom is -0.349 e. The molecular formula is C15H22N2O3S. The highest BCUT2D eigenvalue weighted by atomic mass is 32.2. The summed E-state index contributed by atoms with van der Waals surface area (Å²) in [4.78, 5) is 12.5. The van der Waals surface area contributed by atoms with Crippen molar-refractivity contribution in [1.82, 2.24) is 5.32 Å². The summed E-state index contributed by atoms with van der Waals surface area (Å²) in [6, 6.07) is 1.84. The van der Waals surface area contributed by atoms with E-state index in [1.807, 2.05) is 0 Å². The molecule has 0 aliphatic heterocycles. The molecule has 1 aliphatic rings. The molecule has 1 aromatic carbocycles. The lowest BCUT2D eigenvalue weighted by Gasteiger charge is -2.16. The van der Waals surface area contributed by atoms with Crippen LogP contribution >= 0.6 is 0 Å². The lowest BCUT2D eigenvalue weighted by atomic mass is 9.99. The van der Waals surface area contributed by atoms with Crippen LogP contribution in [-0.2, 0) is 10.0 Å². The van der Waals surface area contributed by atoms with Crippen molar-refractivity contribution in [1.29, 1.82) is 0 Å². The van der Waals surface area contributed by atoms with E-state index >= 15 is 0 Å². The van der Waals surface area contributed by atoms with Gasteiger partial charge in [0.2, 0.25) is 10.0 Å². The smallest absolute Gasteiger partial charge is 0.252 e. The van der Waals surface area contributed by atoms with E-state index in [1.54, 1.807) is 26.8 Å². The Morgan fingerprint density at radius 3 is 2.24 bits per heavy atom. The van der Waals surface area contributed by atoms with Gasteiger partial charge in [-0.1, -0.05) is 19.9 Å². The molecule has 1 fully saturated rings. The number of carbonyl (C=O) groups excluding carboxylic acids is 1. The number of hydrogen-bond donors (Lipinski definition) is 2. The molecule has 0 spiro atoms. The molecule has 1 aliphatic carbocycles. The number of rotatable bonds is 3. The summed E-state index contributed by atoms with van der Waals surface area (Å²) < 4.78 is 23.5. The highest BCUT2D eigenvalue weighted by molar-refractivity contribution is 7.89. The average molecular weight is 310 g/mol. The molecule has 116 valence electrons. The molecule has 0 bridgehead atoms. The number of nitrogens with one attached hydrogen (secondary N) is 1.